The van der Waals surface area contributed by atoms with Crippen molar-refractivity contribution >= 4 is 21.9 Å². The van der Waals surface area contributed by atoms with Gasteiger partial charge in [-0.15, -0.1) is 0 Å². The summed E-state index contributed by atoms with van der Waals surface area (Å²) in [5.74, 6) is -5.62. The Morgan fingerprint density at radius 2 is 1.90 bits per heavy atom. The van der Waals surface area contributed by atoms with Gasteiger partial charge in [0.25, 0.3) is 0 Å². The summed E-state index contributed by atoms with van der Waals surface area (Å²) in [7, 11) is -4.37. The van der Waals surface area contributed by atoms with Crippen LogP contribution in [0.4, 0.5) is 8.78 Å². The van der Waals surface area contributed by atoms with Gasteiger partial charge in [-0.25, -0.2) is 26.7 Å². The maximum Gasteiger partial charge on any atom is 0.341 e. The van der Waals surface area contributed by atoms with E-state index in [2.05, 4.69) is 0 Å². The Bertz CT molecular complexity index is 675. The Kier molecular flexibility index (Phi) is 5.33. The number of hydrogen-bond donors (Lipinski definition) is 3. The number of nitrogens with one attached hydrogen (secondary N) is 1. The molecule has 0 aliphatic heterocycles. The molecule has 1 aromatic rings. The van der Waals surface area contributed by atoms with Gasteiger partial charge in [0.15, 0.2) is 5.82 Å². The number of carbonyl (C=O) groups excluding carboxylic acids is 1. The summed E-state index contributed by atoms with van der Waals surface area (Å²) >= 11 is 0. The minimum atomic E-state index is -4.37. The van der Waals surface area contributed by atoms with Crippen LogP contribution in [0, 0.1) is 11.6 Å². The molecule has 1 rings (SSSR count). The SMILES string of the molecule is NC(=O)CCCNS(=O)(=O)c1ccc(F)c(C(=O)O)c1F. The summed E-state index contributed by atoms with van der Waals surface area (Å²) in [6.45, 7) is -0.204. The lowest BCUT2D eigenvalue weighted by atomic mass is 10.2. The fourth-order valence-electron chi connectivity index (χ4n) is 1.48. The summed E-state index contributed by atoms with van der Waals surface area (Å²) in [6, 6.07) is 1.16. The van der Waals surface area contributed by atoms with Gasteiger partial charge < -0.3 is 10.8 Å². The summed E-state index contributed by atoms with van der Waals surface area (Å²) in [6.07, 6.45) is 0.0119. The molecule has 21 heavy (non-hydrogen) atoms. The van der Waals surface area contributed by atoms with Crippen LogP contribution in [0.15, 0.2) is 17.0 Å². The third-order valence-electron chi connectivity index (χ3n) is 2.45. The van der Waals surface area contributed by atoms with Crippen LogP contribution in [0.2, 0.25) is 0 Å². The predicted octanol–water partition coefficient (Wildman–Crippen LogP) is 0.207. The number of sulfonamides is 1. The highest BCUT2D eigenvalue weighted by molar-refractivity contribution is 7.89. The number of hydrogen-bond acceptors (Lipinski definition) is 4. The van der Waals surface area contributed by atoms with Crippen LogP contribution < -0.4 is 10.5 Å². The molecule has 0 atom stereocenters. The van der Waals surface area contributed by atoms with Gasteiger partial charge in [-0.1, -0.05) is 0 Å². The van der Waals surface area contributed by atoms with Gasteiger partial charge in [0.1, 0.15) is 16.3 Å². The molecule has 7 nitrogen and oxygen atoms in total. The number of benzene rings is 1. The van der Waals surface area contributed by atoms with Crippen LogP contribution in [0.5, 0.6) is 0 Å². The van der Waals surface area contributed by atoms with Crippen LogP contribution >= 0.6 is 0 Å². The van der Waals surface area contributed by atoms with E-state index in [1.54, 1.807) is 0 Å². The van der Waals surface area contributed by atoms with Crippen molar-refractivity contribution in [1.82, 2.24) is 4.72 Å². The van der Waals surface area contributed by atoms with Crippen molar-refractivity contribution in [3.05, 3.63) is 29.3 Å². The molecule has 0 aromatic heterocycles. The van der Waals surface area contributed by atoms with Crippen molar-refractivity contribution < 1.29 is 31.9 Å². The van der Waals surface area contributed by atoms with Crippen molar-refractivity contribution in [3.8, 4) is 0 Å². The zero-order valence-corrected chi connectivity index (χ0v) is 11.4. The van der Waals surface area contributed by atoms with Crippen molar-refractivity contribution in [3.63, 3.8) is 0 Å². The lowest BCUT2D eigenvalue weighted by molar-refractivity contribution is -0.118. The monoisotopic (exact) mass is 322 g/mol. The Hall–Kier alpha value is -2.07. The number of rotatable bonds is 7. The van der Waals surface area contributed by atoms with E-state index in [0.717, 1.165) is 0 Å². The second kappa shape index (κ2) is 6.59. The standard InChI is InChI=1S/C11H12F2N2O5S/c12-6-3-4-7(10(13)9(6)11(17)18)21(19,20)15-5-1-2-8(14)16/h3-4,15H,1-2,5H2,(H2,14,16)(H,17,18). The topological polar surface area (TPSA) is 127 Å². The van der Waals surface area contributed by atoms with E-state index in [1.165, 1.54) is 0 Å². The van der Waals surface area contributed by atoms with Crippen molar-refractivity contribution in [1.29, 1.82) is 0 Å². The maximum atomic E-state index is 13.8. The van der Waals surface area contributed by atoms with E-state index in [-0.39, 0.29) is 19.4 Å². The quantitative estimate of drug-likeness (QED) is 0.618. The molecule has 0 unspecified atom stereocenters. The molecule has 0 saturated heterocycles. The minimum absolute atomic E-state index is 0.0746. The fraction of sp³-hybridized carbons (Fsp3) is 0.273. The molecule has 0 saturated carbocycles. The highest BCUT2D eigenvalue weighted by Gasteiger charge is 2.26. The first-order chi connectivity index (χ1) is 9.66. The predicted molar refractivity (Wildman–Crippen MR) is 66.9 cm³/mol. The first kappa shape index (κ1) is 17.0. The molecule has 0 fully saturated rings. The average Bonchev–Trinajstić information content (AvgIpc) is 2.33. The molecule has 0 aliphatic rings. The van der Waals surface area contributed by atoms with Crippen LogP contribution in [0.1, 0.15) is 23.2 Å². The molecule has 0 bridgehead atoms. The number of carboxylic acids is 1. The molecular weight excluding hydrogens is 310 g/mol. The third kappa shape index (κ3) is 4.20. The average molecular weight is 322 g/mol. The van der Waals surface area contributed by atoms with E-state index in [9.17, 15) is 26.8 Å². The number of amides is 1. The zero-order chi connectivity index (χ0) is 16.2. The van der Waals surface area contributed by atoms with Crippen molar-refractivity contribution in [2.24, 2.45) is 5.73 Å². The van der Waals surface area contributed by atoms with E-state index >= 15 is 0 Å². The lowest BCUT2D eigenvalue weighted by Crippen LogP contribution is -2.27. The van der Waals surface area contributed by atoms with Gasteiger partial charge in [0.2, 0.25) is 15.9 Å². The van der Waals surface area contributed by atoms with E-state index in [0.29, 0.717) is 12.1 Å². The van der Waals surface area contributed by atoms with Gasteiger partial charge >= 0.3 is 5.97 Å². The van der Waals surface area contributed by atoms with Gasteiger partial charge in [-0.3, -0.25) is 4.79 Å². The van der Waals surface area contributed by atoms with E-state index in [1.807, 2.05) is 4.72 Å². The Balaban J connectivity index is 3.01. The first-order valence-corrected chi connectivity index (χ1v) is 7.14. The number of aromatic carboxylic acids is 1. The van der Waals surface area contributed by atoms with Crippen LogP contribution in [-0.2, 0) is 14.8 Å². The highest BCUT2D eigenvalue weighted by atomic mass is 32.2. The molecule has 1 aromatic carbocycles. The zero-order valence-electron chi connectivity index (χ0n) is 10.6. The summed E-state index contributed by atoms with van der Waals surface area (Å²) in [5, 5.41) is 8.67. The van der Waals surface area contributed by atoms with E-state index in [4.69, 9.17) is 10.8 Å². The molecule has 116 valence electrons. The molecule has 0 spiro atoms. The largest absolute Gasteiger partial charge is 0.477 e. The second-order valence-corrected chi connectivity index (χ2v) is 5.74. The number of carboxylic acid groups (broad SMARTS) is 1. The van der Waals surface area contributed by atoms with Gasteiger partial charge in [0.05, 0.1) is 0 Å². The van der Waals surface area contributed by atoms with Crippen LogP contribution in [-0.4, -0.2) is 31.9 Å². The second-order valence-electron chi connectivity index (χ2n) is 4.01. The molecule has 0 aliphatic carbocycles. The van der Waals surface area contributed by atoms with Crippen molar-refractivity contribution in [2.75, 3.05) is 6.54 Å². The Morgan fingerprint density at radius 1 is 1.29 bits per heavy atom. The molecule has 10 heteroatoms. The van der Waals surface area contributed by atoms with Crippen LogP contribution in [0.3, 0.4) is 0 Å². The number of primary amides is 1. The summed E-state index contributed by atoms with van der Waals surface area (Å²) in [4.78, 5) is 20.2. The molecular formula is C11H12F2N2O5S. The van der Waals surface area contributed by atoms with Gasteiger partial charge in [0, 0.05) is 13.0 Å². The third-order valence-corrected chi connectivity index (χ3v) is 3.93. The molecule has 0 radical (unpaired) electrons. The Labute approximate surface area is 118 Å². The number of carbonyl (C=O) groups is 2. The molecule has 1 amide bonds. The summed E-state index contributed by atoms with van der Waals surface area (Å²) in [5.41, 5.74) is 3.51. The molecule has 0 heterocycles. The first-order valence-electron chi connectivity index (χ1n) is 5.66. The smallest absolute Gasteiger partial charge is 0.341 e. The van der Waals surface area contributed by atoms with Gasteiger partial charge in [-0.05, 0) is 18.6 Å². The Morgan fingerprint density at radius 3 is 2.43 bits per heavy atom. The number of nitrogens with two attached hydrogens (primary N) is 1. The van der Waals surface area contributed by atoms with Gasteiger partial charge in [-0.2, -0.15) is 0 Å². The minimum Gasteiger partial charge on any atom is -0.477 e. The summed E-state index contributed by atoms with van der Waals surface area (Å²) < 4.78 is 52.5. The maximum absolute atomic E-state index is 13.8. The number of halogens is 2. The molecule has 4 N–H and O–H groups in total. The normalized spacial score (nSPS) is 11.3. The fourth-order valence-corrected chi connectivity index (χ4v) is 2.64. The van der Waals surface area contributed by atoms with Crippen molar-refractivity contribution in [2.45, 2.75) is 17.7 Å². The van der Waals surface area contributed by atoms with Crippen LogP contribution in [0.25, 0.3) is 0 Å². The lowest BCUT2D eigenvalue weighted by Gasteiger charge is -2.09. The highest BCUT2D eigenvalue weighted by Crippen LogP contribution is 2.21. The van der Waals surface area contributed by atoms with E-state index < -0.39 is 44.0 Å².